The summed E-state index contributed by atoms with van der Waals surface area (Å²) < 4.78 is 11.1. The average molecular weight is 504 g/mol. The highest BCUT2D eigenvalue weighted by molar-refractivity contribution is 6.30. The van der Waals surface area contributed by atoms with Crippen LogP contribution in [-0.2, 0) is 14.9 Å². The maximum absolute atomic E-state index is 12.8. The number of halogens is 1. The van der Waals surface area contributed by atoms with E-state index in [4.69, 9.17) is 21.1 Å². The minimum Gasteiger partial charge on any atom is -0.496 e. The van der Waals surface area contributed by atoms with Crippen LogP contribution in [0.5, 0.6) is 5.75 Å². The molecule has 3 saturated carbocycles. The minimum atomic E-state index is -1.05. The Balaban J connectivity index is 1.14. The highest BCUT2D eigenvalue weighted by Gasteiger charge is 2.73. The summed E-state index contributed by atoms with van der Waals surface area (Å²) in [5.41, 5.74) is 4.85. The summed E-state index contributed by atoms with van der Waals surface area (Å²) >= 11 is 6.22. The topological polar surface area (TPSA) is 84.9 Å². The Bertz CT molecular complexity index is 1320. The van der Waals surface area contributed by atoms with E-state index in [0.717, 1.165) is 33.6 Å². The molecule has 2 N–H and O–H groups in total. The highest BCUT2D eigenvalue weighted by Crippen LogP contribution is 2.76. The van der Waals surface area contributed by atoms with Crippen LogP contribution in [0.2, 0.25) is 5.02 Å². The lowest BCUT2D eigenvalue weighted by atomic mass is 9.31. The smallest absolute Gasteiger partial charge is 0.407 e. The monoisotopic (exact) mass is 503 g/mol. The second-order valence-corrected chi connectivity index (χ2v) is 10.7. The molecule has 0 aliphatic heterocycles. The molecule has 4 aliphatic rings. The summed E-state index contributed by atoms with van der Waals surface area (Å²) in [6.07, 6.45) is 1.25. The van der Waals surface area contributed by atoms with Crippen LogP contribution in [0.1, 0.15) is 41.9 Å². The van der Waals surface area contributed by atoms with Gasteiger partial charge in [-0.2, -0.15) is 0 Å². The number of methoxy groups -OCH3 is 1. The molecule has 36 heavy (non-hydrogen) atoms. The van der Waals surface area contributed by atoms with E-state index in [1.54, 1.807) is 13.2 Å². The summed E-state index contributed by atoms with van der Waals surface area (Å²) in [4.78, 5) is 25.0. The number of fused-ring (bicyclic) bond motifs is 3. The highest BCUT2D eigenvalue weighted by atomic mass is 35.5. The lowest BCUT2D eigenvalue weighted by molar-refractivity contribution is -0.183. The molecule has 3 aromatic carbocycles. The van der Waals surface area contributed by atoms with Crippen LogP contribution in [0.4, 0.5) is 4.79 Å². The maximum atomic E-state index is 12.8. The number of carboxylic acids is 1. The molecule has 0 radical (unpaired) electrons. The fourth-order valence-electron chi connectivity index (χ4n) is 6.79. The van der Waals surface area contributed by atoms with Crippen LogP contribution >= 0.6 is 11.6 Å². The number of rotatable bonds is 7. The van der Waals surface area contributed by atoms with Crippen molar-refractivity contribution in [2.75, 3.05) is 13.7 Å². The van der Waals surface area contributed by atoms with Crippen molar-refractivity contribution in [2.24, 2.45) is 5.41 Å². The maximum Gasteiger partial charge on any atom is 0.407 e. The molecule has 184 valence electrons. The van der Waals surface area contributed by atoms with E-state index >= 15 is 0 Å². The van der Waals surface area contributed by atoms with Gasteiger partial charge in [0.1, 0.15) is 18.4 Å². The van der Waals surface area contributed by atoms with Crippen molar-refractivity contribution in [3.8, 4) is 16.9 Å². The first-order valence-corrected chi connectivity index (χ1v) is 12.4. The van der Waals surface area contributed by atoms with E-state index in [1.165, 1.54) is 0 Å². The third-order valence-electron chi connectivity index (χ3n) is 8.27. The van der Waals surface area contributed by atoms with Crippen LogP contribution in [0.25, 0.3) is 11.1 Å². The number of benzene rings is 3. The van der Waals surface area contributed by atoms with E-state index < -0.39 is 23.5 Å². The van der Waals surface area contributed by atoms with Gasteiger partial charge in [0.25, 0.3) is 0 Å². The van der Waals surface area contributed by atoms with E-state index in [-0.39, 0.29) is 17.9 Å². The first-order chi connectivity index (χ1) is 17.4. The van der Waals surface area contributed by atoms with Gasteiger partial charge in [-0.3, -0.25) is 0 Å². The third kappa shape index (κ3) is 3.39. The molecule has 0 saturated heterocycles. The first-order valence-electron chi connectivity index (χ1n) is 12.0. The molecule has 1 unspecified atom stereocenters. The zero-order chi connectivity index (χ0) is 25.1. The molecular formula is C29H26ClNO5. The predicted molar refractivity (Wildman–Crippen MR) is 136 cm³/mol. The zero-order valence-electron chi connectivity index (χ0n) is 19.8. The minimum absolute atomic E-state index is 0.0834. The molecule has 3 fully saturated rings. The van der Waals surface area contributed by atoms with Crippen molar-refractivity contribution in [1.29, 1.82) is 0 Å². The SMILES string of the molecule is COc1ccc(Cl)cc1C12CC(C(NC(=O)OCC3c4ccccc4-c4ccccc43)C(=O)O)(C1)C2. The van der Waals surface area contributed by atoms with Crippen molar-refractivity contribution in [3.05, 3.63) is 88.4 Å². The summed E-state index contributed by atoms with van der Waals surface area (Å²) in [5, 5.41) is 13.3. The number of carbonyl (C=O) groups is 2. The zero-order valence-corrected chi connectivity index (χ0v) is 20.5. The molecule has 7 heteroatoms. The number of hydrogen-bond acceptors (Lipinski definition) is 4. The largest absolute Gasteiger partial charge is 0.496 e. The molecule has 6 nitrogen and oxygen atoms in total. The van der Waals surface area contributed by atoms with Gasteiger partial charge in [0.2, 0.25) is 0 Å². The van der Waals surface area contributed by atoms with Gasteiger partial charge in [-0.25, -0.2) is 9.59 Å². The number of carbonyl (C=O) groups excluding carboxylic acids is 1. The Hall–Kier alpha value is -3.51. The number of alkyl carbamates (subject to hydrolysis) is 1. The van der Waals surface area contributed by atoms with E-state index in [9.17, 15) is 14.7 Å². The van der Waals surface area contributed by atoms with E-state index in [1.807, 2.05) is 48.5 Å². The van der Waals surface area contributed by atoms with Crippen LogP contribution in [0.15, 0.2) is 66.7 Å². The van der Waals surface area contributed by atoms with Gasteiger partial charge >= 0.3 is 12.1 Å². The summed E-state index contributed by atoms with van der Waals surface area (Å²) in [5.74, 6) is -0.376. The molecule has 3 aromatic rings. The van der Waals surface area contributed by atoms with Crippen molar-refractivity contribution < 1.29 is 24.2 Å². The Morgan fingerprint density at radius 3 is 2.22 bits per heavy atom. The third-order valence-corrected chi connectivity index (χ3v) is 8.50. The first kappa shape index (κ1) is 22.9. The van der Waals surface area contributed by atoms with Gasteiger partial charge < -0.3 is 19.9 Å². The molecule has 1 amide bonds. The molecule has 7 rings (SSSR count). The Morgan fingerprint density at radius 2 is 1.64 bits per heavy atom. The molecule has 4 aliphatic carbocycles. The standard InChI is InChI=1S/C29H26ClNO5/c1-35-24-11-10-17(30)12-23(24)28-14-29(15-28,16-28)25(26(32)33)31-27(34)36-13-22-20-8-4-2-6-18(20)19-7-3-5-9-21(19)22/h2-12,22,25H,13-16H2,1H3,(H,31,34)(H,32,33). The van der Waals surface area contributed by atoms with Crippen molar-refractivity contribution in [1.82, 2.24) is 5.32 Å². The van der Waals surface area contributed by atoms with Gasteiger partial charge in [-0.05, 0) is 59.7 Å². The van der Waals surface area contributed by atoms with Gasteiger partial charge in [0, 0.05) is 27.3 Å². The molecule has 0 heterocycles. The van der Waals surface area contributed by atoms with E-state index in [2.05, 4.69) is 17.4 Å². The van der Waals surface area contributed by atoms with Crippen molar-refractivity contribution >= 4 is 23.7 Å². The second-order valence-electron chi connectivity index (χ2n) is 10.3. The Morgan fingerprint density at radius 1 is 1.03 bits per heavy atom. The fraction of sp³-hybridized carbons (Fsp3) is 0.310. The second kappa shape index (κ2) is 8.27. The van der Waals surface area contributed by atoms with Gasteiger partial charge in [0.15, 0.2) is 0 Å². The van der Waals surface area contributed by atoms with Crippen LogP contribution in [0, 0.1) is 5.41 Å². The van der Waals surface area contributed by atoms with Crippen LogP contribution in [-0.4, -0.2) is 36.9 Å². The summed E-state index contributed by atoms with van der Waals surface area (Å²) in [7, 11) is 1.62. The number of carboxylic acid groups (broad SMARTS) is 1. The molecule has 2 bridgehead atoms. The lowest BCUT2D eigenvalue weighted by Crippen LogP contribution is -2.73. The predicted octanol–water partition coefficient (Wildman–Crippen LogP) is 5.76. The van der Waals surface area contributed by atoms with Crippen molar-refractivity contribution in [2.45, 2.75) is 36.6 Å². The quantitative estimate of drug-likeness (QED) is 0.428. The number of nitrogens with one attached hydrogen (secondary N) is 1. The van der Waals surface area contributed by atoms with Crippen molar-refractivity contribution in [3.63, 3.8) is 0 Å². The Kier molecular flexibility index (Phi) is 5.27. The van der Waals surface area contributed by atoms with Gasteiger partial charge in [-0.15, -0.1) is 0 Å². The summed E-state index contributed by atoms with van der Waals surface area (Å²) in [6.45, 7) is 0.142. The molecule has 0 spiro atoms. The molecular weight excluding hydrogens is 478 g/mol. The lowest BCUT2D eigenvalue weighted by Gasteiger charge is -2.72. The normalized spacial score (nSPS) is 23.9. The van der Waals surface area contributed by atoms with Crippen LogP contribution in [0.3, 0.4) is 0 Å². The van der Waals surface area contributed by atoms with Crippen LogP contribution < -0.4 is 10.1 Å². The molecule has 1 atom stereocenters. The number of hydrogen-bond donors (Lipinski definition) is 2. The van der Waals surface area contributed by atoms with Gasteiger partial charge in [0.05, 0.1) is 7.11 Å². The number of ether oxygens (including phenoxy) is 2. The Labute approximate surface area is 214 Å². The van der Waals surface area contributed by atoms with E-state index in [0.29, 0.717) is 24.3 Å². The number of amides is 1. The van der Waals surface area contributed by atoms with Gasteiger partial charge in [-0.1, -0.05) is 60.1 Å². The molecule has 0 aromatic heterocycles. The summed E-state index contributed by atoms with van der Waals surface area (Å²) in [6, 6.07) is 20.7. The average Bonchev–Trinajstić information content (AvgIpc) is 3.14. The number of aliphatic carboxylic acids is 1. The fourth-order valence-corrected chi connectivity index (χ4v) is 6.96.